The molecule has 0 saturated heterocycles. The van der Waals surface area contributed by atoms with Crippen LogP contribution in [0.1, 0.15) is 58.4 Å². The Kier molecular flexibility index (Phi) is 13.3. The second kappa shape index (κ2) is 18.7. The number of pyridine rings is 2. The molecule has 0 amide bonds. The van der Waals surface area contributed by atoms with Crippen molar-refractivity contribution in [2.24, 2.45) is 0 Å². The summed E-state index contributed by atoms with van der Waals surface area (Å²) in [6, 6.07) is 46.5. The molecular weight excluding hydrogens is 961 g/mol. The number of fused-ring (bicyclic) bond motifs is 12. The molecular formula is C59H52IrN2O2-2. The van der Waals surface area contributed by atoms with E-state index in [1.54, 1.807) is 0 Å². The molecule has 5 heteroatoms. The minimum Gasteiger partial charge on any atom is -0.512 e. The first kappa shape index (κ1) is 45.5. The quantitative estimate of drug-likeness (QED) is 0.0829. The molecule has 0 bridgehead atoms. The molecule has 2 aromatic heterocycles. The van der Waals surface area contributed by atoms with E-state index < -0.39 is 0 Å². The summed E-state index contributed by atoms with van der Waals surface area (Å²) in [6.07, 6.45) is 4.84. The van der Waals surface area contributed by atoms with Crippen LogP contribution in [0.4, 0.5) is 0 Å². The third kappa shape index (κ3) is 8.97. The molecule has 10 aromatic rings. The van der Waals surface area contributed by atoms with E-state index >= 15 is 0 Å². The summed E-state index contributed by atoms with van der Waals surface area (Å²) in [5, 5.41) is 23.9. The molecule has 0 saturated carbocycles. The topological polar surface area (TPSA) is 63.1 Å². The first-order chi connectivity index (χ1) is 30.2. The van der Waals surface area contributed by atoms with Crippen LogP contribution in [0.3, 0.4) is 0 Å². The molecule has 1 radical (unpaired) electrons. The van der Waals surface area contributed by atoms with Crippen LogP contribution in [0.15, 0.2) is 133 Å². The zero-order chi connectivity index (χ0) is 44.7. The Hall–Kier alpha value is -6.52. The van der Waals surface area contributed by atoms with Crippen molar-refractivity contribution in [3.63, 3.8) is 0 Å². The number of hydrogen-bond acceptors (Lipinski definition) is 4. The summed E-state index contributed by atoms with van der Waals surface area (Å²) < 4.78 is 0. The monoisotopic (exact) mass is 1010 g/mol. The molecule has 4 nitrogen and oxygen atoms in total. The smallest absolute Gasteiger partial charge is 0.155 e. The maximum Gasteiger partial charge on any atom is 0.155 e. The van der Waals surface area contributed by atoms with Crippen molar-refractivity contribution in [2.45, 2.75) is 69.2 Å². The minimum atomic E-state index is -0.125. The van der Waals surface area contributed by atoms with Crippen LogP contribution in [0.5, 0.6) is 0 Å². The molecule has 0 atom stereocenters. The summed E-state index contributed by atoms with van der Waals surface area (Å²) in [7, 11) is 0. The molecule has 64 heavy (non-hydrogen) atoms. The van der Waals surface area contributed by atoms with Crippen molar-refractivity contribution < 1.29 is 30.0 Å². The number of rotatable bonds is 3. The average Bonchev–Trinajstić information content (AvgIpc) is 3.26. The van der Waals surface area contributed by atoms with E-state index in [-0.39, 0.29) is 31.6 Å². The van der Waals surface area contributed by atoms with Crippen LogP contribution in [0, 0.1) is 67.5 Å². The fourth-order valence-electron chi connectivity index (χ4n) is 8.56. The third-order valence-corrected chi connectivity index (χ3v) is 12.5. The number of carbonyl (C=O) groups excluding carboxylic acids is 1. The predicted molar refractivity (Wildman–Crippen MR) is 267 cm³/mol. The van der Waals surface area contributed by atoms with Gasteiger partial charge in [0.2, 0.25) is 0 Å². The van der Waals surface area contributed by atoms with E-state index in [0.717, 1.165) is 22.5 Å². The van der Waals surface area contributed by atoms with Crippen LogP contribution >= 0.6 is 0 Å². The van der Waals surface area contributed by atoms with Crippen molar-refractivity contribution in [2.75, 3.05) is 0 Å². The van der Waals surface area contributed by atoms with Crippen molar-refractivity contribution >= 4 is 70.4 Å². The molecule has 8 aromatic carbocycles. The van der Waals surface area contributed by atoms with E-state index in [1.165, 1.54) is 129 Å². The standard InChI is InChI=1S/2C27H22N.C5H8O2.Ir/c2*1-16-11-22-21-9-8-20(27-7-5-6-10-28-27)15-26(21)25-14-19(4)18(3)13-24(25)23(22)12-17(16)2;1-4(6)3-5(2)7;/h2*5-7,9-15H,1-4H3;3,6H,1-2H3;/q2*-1;;/b;;4-3-;. The Morgan fingerprint density at radius 1 is 0.438 bits per heavy atom. The Morgan fingerprint density at radius 3 is 0.922 bits per heavy atom. The summed E-state index contributed by atoms with van der Waals surface area (Å²) in [5.74, 6) is -0.0625. The Labute approximate surface area is 390 Å². The van der Waals surface area contributed by atoms with Crippen LogP contribution in [-0.2, 0) is 24.9 Å². The summed E-state index contributed by atoms with van der Waals surface area (Å²) in [6.45, 7) is 20.4. The first-order valence-corrected chi connectivity index (χ1v) is 21.5. The zero-order valence-corrected chi connectivity index (χ0v) is 40.6. The van der Waals surface area contributed by atoms with Crippen molar-refractivity contribution in [1.29, 1.82) is 0 Å². The molecule has 0 spiro atoms. The van der Waals surface area contributed by atoms with Gasteiger partial charge >= 0.3 is 0 Å². The fraction of sp³-hybridized carbons (Fsp3) is 0.169. The van der Waals surface area contributed by atoms with Gasteiger partial charge in [-0.15, -0.1) is 47.5 Å². The maximum atomic E-state index is 10.0. The first-order valence-electron chi connectivity index (χ1n) is 21.5. The Bertz CT molecular complexity index is 3240. The number of aliphatic hydroxyl groups excluding tert-OH is 1. The average molecular weight is 1010 g/mol. The molecule has 0 fully saturated rings. The van der Waals surface area contributed by atoms with Gasteiger partial charge in [-0.2, -0.15) is 0 Å². The number of aromatic nitrogens is 2. The fourth-order valence-corrected chi connectivity index (χ4v) is 8.56. The van der Waals surface area contributed by atoms with Crippen LogP contribution in [0.25, 0.3) is 87.1 Å². The third-order valence-electron chi connectivity index (χ3n) is 12.5. The largest absolute Gasteiger partial charge is 0.512 e. The SMILES string of the molecule is CC(=O)/C=C(/C)O.Cc1cc2c3c[c-]c(-c4ccccn4)cc3c3cc(C)c(C)cc3c2cc1C.Cc1cc2c3c[c-]c(-c4ccccn4)cc3c3cc(C)c(C)cc3c2cc1C.[Ir]. The number of allylic oxidation sites excluding steroid dienone is 2. The molecule has 321 valence electrons. The number of nitrogens with zero attached hydrogens (tertiary/aromatic N) is 2. The van der Waals surface area contributed by atoms with Crippen molar-refractivity contribution in [3.8, 4) is 22.5 Å². The number of carbonyl (C=O) groups is 1. The van der Waals surface area contributed by atoms with Gasteiger partial charge in [0.1, 0.15) is 0 Å². The number of aliphatic hydroxyl groups is 1. The zero-order valence-electron chi connectivity index (χ0n) is 38.2. The number of aryl methyl sites for hydroxylation is 8. The maximum absolute atomic E-state index is 10.0. The molecule has 0 aliphatic heterocycles. The summed E-state index contributed by atoms with van der Waals surface area (Å²) >= 11 is 0. The van der Waals surface area contributed by atoms with Gasteiger partial charge in [-0.1, -0.05) is 105 Å². The van der Waals surface area contributed by atoms with Gasteiger partial charge in [0, 0.05) is 38.6 Å². The molecule has 0 unspecified atom stereocenters. The molecule has 10 rings (SSSR count). The number of ketones is 1. The van der Waals surface area contributed by atoms with Crippen LogP contribution < -0.4 is 0 Å². The van der Waals surface area contributed by atoms with Gasteiger partial charge in [-0.3, -0.25) is 4.79 Å². The minimum absolute atomic E-state index is 0. The number of benzene rings is 8. The summed E-state index contributed by atoms with van der Waals surface area (Å²) in [5.41, 5.74) is 14.6. The van der Waals surface area contributed by atoms with Crippen molar-refractivity contribution in [3.05, 3.63) is 190 Å². The van der Waals surface area contributed by atoms with Gasteiger partial charge in [-0.25, -0.2) is 0 Å². The predicted octanol–water partition coefficient (Wildman–Crippen LogP) is 15.5. The van der Waals surface area contributed by atoms with E-state index in [0.29, 0.717) is 0 Å². The van der Waals surface area contributed by atoms with E-state index in [9.17, 15) is 4.79 Å². The Balaban J connectivity index is 0.000000165. The van der Waals surface area contributed by atoms with E-state index in [1.807, 2.05) is 48.8 Å². The molecule has 1 N–H and O–H groups in total. The van der Waals surface area contributed by atoms with Crippen molar-refractivity contribution in [1.82, 2.24) is 9.97 Å². The van der Waals surface area contributed by atoms with Gasteiger partial charge < -0.3 is 15.1 Å². The number of hydrogen-bond donors (Lipinski definition) is 1. The molecule has 0 aliphatic rings. The second-order valence-electron chi connectivity index (χ2n) is 17.1. The van der Waals surface area contributed by atoms with Gasteiger partial charge in [-0.05, 0) is 170 Å². The Morgan fingerprint density at radius 2 is 0.703 bits per heavy atom. The van der Waals surface area contributed by atoms with Gasteiger partial charge in [0.25, 0.3) is 0 Å². The van der Waals surface area contributed by atoms with Gasteiger partial charge in [0.15, 0.2) is 5.78 Å². The molecule has 2 heterocycles. The van der Waals surface area contributed by atoms with Gasteiger partial charge in [0.05, 0.1) is 5.76 Å². The van der Waals surface area contributed by atoms with E-state index in [2.05, 4.69) is 150 Å². The van der Waals surface area contributed by atoms with Crippen LogP contribution in [0.2, 0.25) is 0 Å². The van der Waals surface area contributed by atoms with Crippen LogP contribution in [-0.4, -0.2) is 20.9 Å². The molecule has 0 aliphatic carbocycles. The summed E-state index contributed by atoms with van der Waals surface area (Å²) in [4.78, 5) is 19.1. The second-order valence-corrected chi connectivity index (χ2v) is 17.1. The van der Waals surface area contributed by atoms with E-state index in [4.69, 9.17) is 5.11 Å². The normalized spacial score (nSPS) is 11.4.